The molecule has 2 saturated heterocycles. The number of hydrogen-bond acceptors (Lipinski definition) is 8. The molecular weight excluding hydrogens is 508 g/mol. The fourth-order valence-electron chi connectivity index (χ4n) is 5.51. The molecule has 0 bridgehead atoms. The molecule has 0 unspecified atom stereocenters. The number of anilines is 2. The van der Waals surface area contributed by atoms with E-state index in [-0.39, 0.29) is 23.8 Å². The lowest BCUT2D eigenvalue weighted by atomic mass is 9.86. The molecule has 3 fully saturated rings. The van der Waals surface area contributed by atoms with Crippen molar-refractivity contribution in [1.82, 2.24) is 24.8 Å². The molecule has 3 aromatic rings. The smallest absolute Gasteiger partial charge is 0.296 e. The Morgan fingerprint density at radius 1 is 1.00 bits per heavy atom. The van der Waals surface area contributed by atoms with Crippen LogP contribution in [0.2, 0.25) is 0 Å². The molecule has 0 atom stereocenters. The van der Waals surface area contributed by atoms with Gasteiger partial charge in [0.15, 0.2) is 5.82 Å². The molecule has 1 aromatic carbocycles. The Morgan fingerprint density at radius 3 is 2.51 bits per heavy atom. The number of carbonyl (C=O) groups excluding carboxylic acids is 1. The van der Waals surface area contributed by atoms with Crippen LogP contribution in [0.3, 0.4) is 0 Å². The Hall–Kier alpha value is -3.38. The summed E-state index contributed by atoms with van der Waals surface area (Å²) in [7, 11) is 0. The van der Waals surface area contributed by atoms with Gasteiger partial charge in [0.2, 0.25) is 11.9 Å². The number of benzene rings is 1. The number of carbonyl (C=O) groups is 1. The average molecular weight is 542 g/mol. The van der Waals surface area contributed by atoms with Crippen LogP contribution in [0.1, 0.15) is 44.4 Å². The molecule has 3 aliphatic rings. The van der Waals surface area contributed by atoms with Gasteiger partial charge in [-0.25, -0.2) is 13.8 Å². The minimum Gasteiger partial charge on any atom is -0.381 e. The van der Waals surface area contributed by atoms with E-state index in [1.165, 1.54) is 4.57 Å². The van der Waals surface area contributed by atoms with Gasteiger partial charge in [0, 0.05) is 50.9 Å². The number of morpholine rings is 1. The molecular formula is C27H33F2N7O3. The number of nitrogens with one attached hydrogen (secondary N) is 2. The van der Waals surface area contributed by atoms with Gasteiger partial charge in [-0.15, -0.1) is 0 Å². The third-order valence-electron chi connectivity index (χ3n) is 7.68. The molecule has 1 aliphatic carbocycles. The summed E-state index contributed by atoms with van der Waals surface area (Å²) in [5.41, 5.74) is 1.04. The van der Waals surface area contributed by atoms with Crippen molar-refractivity contribution in [1.29, 1.82) is 0 Å². The van der Waals surface area contributed by atoms with Crippen molar-refractivity contribution in [2.24, 2.45) is 5.92 Å². The van der Waals surface area contributed by atoms with E-state index in [9.17, 15) is 13.6 Å². The molecule has 4 heterocycles. The number of ether oxygens (including phenoxy) is 2. The predicted molar refractivity (Wildman–Crippen MR) is 141 cm³/mol. The topological polar surface area (TPSA) is 106 Å². The van der Waals surface area contributed by atoms with Gasteiger partial charge in [-0.2, -0.15) is 9.97 Å². The second-order valence-corrected chi connectivity index (χ2v) is 10.4. The molecule has 6 rings (SSSR count). The van der Waals surface area contributed by atoms with Gasteiger partial charge in [-0.3, -0.25) is 9.36 Å². The second kappa shape index (κ2) is 11.4. The maximum Gasteiger partial charge on any atom is 0.296 e. The van der Waals surface area contributed by atoms with Gasteiger partial charge in [-0.1, -0.05) is 12.1 Å². The van der Waals surface area contributed by atoms with Gasteiger partial charge in [0.25, 0.3) is 6.43 Å². The van der Waals surface area contributed by atoms with E-state index >= 15 is 0 Å². The molecule has 0 spiro atoms. The molecule has 1 amide bonds. The van der Waals surface area contributed by atoms with Gasteiger partial charge >= 0.3 is 0 Å². The minimum absolute atomic E-state index is 0.0933. The highest BCUT2D eigenvalue weighted by Crippen LogP contribution is 2.31. The van der Waals surface area contributed by atoms with Gasteiger partial charge < -0.3 is 25.0 Å². The number of hydrogen-bond donors (Lipinski definition) is 2. The molecule has 1 saturated carbocycles. The van der Waals surface area contributed by atoms with Crippen molar-refractivity contribution in [2.45, 2.75) is 50.6 Å². The van der Waals surface area contributed by atoms with Crippen LogP contribution < -0.4 is 15.5 Å². The Bertz CT molecular complexity index is 1300. The Labute approximate surface area is 225 Å². The lowest BCUT2D eigenvalue weighted by Gasteiger charge is -2.37. The lowest BCUT2D eigenvalue weighted by Crippen LogP contribution is -2.50. The first-order chi connectivity index (χ1) is 19.0. The van der Waals surface area contributed by atoms with Crippen LogP contribution in [-0.2, 0) is 14.3 Å². The Kier molecular flexibility index (Phi) is 7.55. The number of aromatic nitrogens is 4. The van der Waals surface area contributed by atoms with Crippen molar-refractivity contribution < 1.29 is 23.0 Å². The summed E-state index contributed by atoms with van der Waals surface area (Å²) >= 11 is 0. The quantitative estimate of drug-likeness (QED) is 0.447. The van der Waals surface area contributed by atoms with Crippen molar-refractivity contribution in [3.05, 3.63) is 36.2 Å². The zero-order valence-electron chi connectivity index (χ0n) is 21.7. The van der Waals surface area contributed by atoms with Crippen LogP contribution in [0, 0.1) is 5.92 Å². The van der Waals surface area contributed by atoms with E-state index in [1.54, 1.807) is 30.3 Å². The van der Waals surface area contributed by atoms with Gasteiger partial charge in [0.05, 0.1) is 24.2 Å². The third-order valence-corrected chi connectivity index (χ3v) is 7.68. The fraction of sp³-hybridized carbons (Fsp3) is 0.556. The highest BCUT2D eigenvalue weighted by Gasteiger charge is 2.32. The minimum atomic E-state index is -2.77. The maximum atomic E-state index is 14.1. The number of rotatable bonds is 8. The highest BCUT2D eigenvalue weighted by atomic mass is 19.3. The summed E-state index contributed by atoms with van der Waals surface area (Å²) in [6.07, 6.45) is 1.17. The highest BCUT2D eigenvalue weighted by molar-refractivity contribution is 5.78. The molecule has 2 N–H and O–H groups in total. The largest absolute Gasteiger partial charge is 0.381 e. The summed E-state index contributed by atoms with van der Waals surface area (Å²) < 4.78 is 40.4. The van der Waals surface area contributed by atoms with Crippen molar-refractivity contribution in [3.63, 3.8) is 0 Å². The SMILES string of the molecule is O=C(CC1CCOCC1)N[C@H]1C[C@H](Nc2cc(-n3c(C(F)F)nc4ccccc43)nc(N3CCOCC3)n2)C1. The van der Waals surface area contributed by atoms with Gasteiger partial charge in [-0.05, 0) is 43.7 Å². The third kappa shape index (κ3) is 5.81. The average Bonchev–Trinajstić information content (AvgIpc) is 3.33. The number of fused-ring (bicyclic) bond motifs is 1. The normalized spacial score (nSPS) is 22.2. The molecule has 39 heavy (non-hydrogen) atoms. The first kappa shape index (κ1) is 25.9. The van der Waals surface area contributed by atoms with Crippen LogP contribution in [0.25, 0.3) is 16.9 Å². The van der Waals surface area contributed by atoms with Crippen molar-refractivity contribution in [2.75, 3.05) is 49.7 Å². The Balaban J connectivity index is 1.20. The lowest BCUT2D eigenvalue weighted by molar-refractivity contribution is -0.124. The van der Waals surface area contributed by atoms with Crippen molar-refractivity contribution in [3.8, 4) is 5.82 Å². The van der Waals surface area contributed by atoms with E-state index in [4.69, 9.17) is 19.4 Å². The summed E-state index contributed by atoms with van der Waals surface area (Å²) in [6, 6.07) is 8.95. The first-order valence-corrected chi connectivity index (χ1v) is 13.6. The zero-order valence-corrected chi connectivity index (χ0v) is 21.7. The molecule has 12 heteroatoms. The predicted octanol–water partition coefficient (Wildman–Crippen LogP) is 3.47. The molecule has 208 valence electrons. The van der Waals surface area contributed by atoms with Crippen molar-refractivity contribution >= 4 is 28.7 Å². The fourth-order valence-corrected chi connectivity index (χ4v) is 5.51. The van der Waals surface area contributed by atoms with E-state index in [0.717, 1.165) is 38.9 Å². The molecule has 2 aromatic heterocycles. The number of nitrogens with zero attached hydrogens (tertiary/aromatic N) is 5. The van der Waals surface area contributed by atoms with Gasteiger partial charge in [0.1, 0.15) is 11.6 Å². The summed E-state index contributed by atoms with van der Waals surface area (Å²) in [6.45, 7) is 3.78. The van der Waals surface area contributed by atoms with E-state index in [2.05, 4.69) is 15.6 Å². The summed E-state index contributed by atoms with van der Waals surface area (Å²) in [5.74, 6) is 1.47. The maximum absolute atomic E-state index is 14.1. The summed E-state index contributed by atoms with van der Waals surface area (Å²) in [4.78, 5) is 28.1. The summed E-state index contributed by atoms with van der Waals surface area (Å²) in [5, 5.41) is 6.59. The van der Waals surface area contributed by atoms with E-state index in [0.29, 0.717) is 67.3 Å². The number of alkyl halides is 2. The van der Waals surface area contributed by atoms with Crippen LogP contribution in [-0.4, -0.2) is 77.0 Å². The molecule has 0 radical (unpaired) electrons. The second-order valence-electron chi connectivity index (χ2n) is 10.4. The van der Waals surface area contributed by atoms with Crippen LogP contribution in [0.5, 0.6) is 0 Å². The standard InChI is InChI=1S/C27H33F2N7O3/c28-25(29)26-32-20-3-1-2-4-21(20)36(26)23-16-22(33-27(34-23)35-7-11-39-12-8-35)30-18-14-19(15-18)31-24(37)13-17-5-9-38-10-6-17/h1-4,16-19,25H,5-15H2,(H,31,37)(H,30,33,34)/t18-,19-. The van der Waals surface area contributed by atoms with E-state index < -0.39 is 6.43 Å². The van der Waals surface area contributed by atoms with E-state index in [1.807, 2.05) is 4.90 Å². The number of halogens is 2. The number of amides is 1. The van der Waals surface area contributed by atoms with Crippen LogP contribution in [0.15, 0.2) is 30.3 Å². The molecule has 10 nitrogen and oxygen atoms in total. The van der Waals surface area contributed by atoms with Crippen LogP contribution in [0.4, 0.5) is 20.5 Å². The zero-order chi connectivity index (χ0) is 26.8. The number of imidazole rings is 1. The molecule has 2 aliphatic heterocycles. The van der Waals surface area contributed by atoms with Crippen LogP contribution >= 0.6 is 0 Å². The monoisotopic (exact) mass is 541 g/mol. The number of para-hydroxylation sites is 2. The first-order valence-electron chi connectivity index (χ1n) is 13.6. The Morgan fingerprint density at radius 2 is 1.74 bits per heavy atom.